The number of fused-ring (bicyclic) bond motifs is 1. The molecule has 2 rings (SSSR count). The number of rotatable bonds is 5. The lowest BCUT2D eigenvalue weighted by Gasteiger charge is -2.43. The Labute approximate surface area is 192 Å². The number of hydrogen-bond acceptors (Lipinski definition) is 5. The number of hydrogen-bond donors (Lipinski definition) is 2. The van der Waals surface area contributed by atoms with Gasteiger partial charge in [-0.05, 0) is 71.4 Å². The summed E-state index contributed by atoms with van der Waals surface area (Å²) in [5.74, 6) is 0.367. The van der Waals surface area contributed by atoms with E-state index >= 15 is 0 Å². The van der Waals surface area contributed by atoms with Crippen molar-refractivity contribution in [1.29, 1.82) is 0 Å². The van der Waals surface area contributed by atoms with Crippen molar-refractivity contribution in [3.05, 3.63) is 35.4 Å². The van der Waals surface area contributed by atoms with Crippen LogP contribution in [0.3, 0.4) is 0 Å². The van der Waals surface area contributed by atoms with Gasteiger partial charge in [0.25, 0.3) is 0 Å². The van der Waals surface area contributed by atoms with Gasteiger partial charge in [0.1, 0.15) is 11.2 Å². The first kappa shape index (κ1) is 26.0. The fourth-order valence-corrected chi connectivity index (χ4v) is 3.78. The number of aliphatic hydroxyl groups is 1. The van der Waals surface area contributed by atoms with Crippen molar-refractivity contribution >= 4 is 12.2 Å². The van der Waals surface area contributed by atoms with Crippen molar-refractivity contribution in [3.8, 4) is 0 Å². The molecule has 1 aliphatic carbocycles. The summed E-state index contributed by atoms with van der Waals surface area (Å²) in [7, 11) is 0. The summed E-state index contributed by atoms with van der Waals surface area (Å²) in [5, 5.41) is 14.2. The molecule has 1 aromatic rings. The maximum Gasteiger partial charge on any atom is 0.410 e. The van der Waals surface area contributed by atoms with Crippen molar-refractivity contribution in [2.24, 2.45) is 5.92 Å². The fraction of sp³-hybridized carbons (Fsp3) is 0.680. The first-order valence-electron chi connectivity index (χ1n) is 11.4. The number of nitrogens with one attached hydrogen (secondary N) is 1. The molecule has 0 aromatic heterocycles. The minimum Gasteiger partial charge on any atom is -0.444 e. The maximum absolute atomic E-state index is 13.2. The van der Waals surface area contributed by atoms with Crippen LogP contribution in [-0.4, -0.2) is 52.1 Å². The zero-order chi connectivity index (χ0) is 24.3. The van der Waals surface area contributed by atoms with Gasteiger partial charge >= 0.3 is 12.2 Å². The smallest absolute Gasteiger partial charge is 0.410 e. The fourth-order valence-electron chi connectivity index (χ4n) is 3.78. The van der Waals surface area contributed by atoms with Gasteiger partial charge < -0.3 is 19.9 Å². The highest BCUT2D eigenvalue weighted by molar-refractivity contribution is 5.70. The van der Waals surface area contributed by atoms with E-state index in [9.17, 15) is 14.7 Å². The van der Waals surface area contributed by atoms with Gasteiger partial charge in [-0.15, -0.1) is 0 Å². The second-order valence-electron chi connectivity index (χ2n) is 10.9. The third kappa shape index (κ3) is 7.40. The number of amides is 2. The van der Waals surface area contributed by atoms with Gasteiger partial charge in [0.15, 0.2) is 0 Å². The van der Waals surface area contributed by atoms with E-state index in [1.54, 1.807) is 25.7 Å². The minimum atomic E-state index is -1.02. The normalized spacial score (nSPS) is 21.0. The van der Waals surface area contributed by atoms with Crippen molar-refractivity contribution in [1.82, 2.24) is 10.2 Å². The first-order valence-corrected chi connectivity index (χ1v) is 11.4. The van der Waals surface area contributed by atoms with E-state index < -0.39 is 41.6 Å². The van der Waals surface area contributed by atoms with E-state index in [-0.39, 0.29) is 0 Å². The highest BCUT2D eigenvalue weighted by atomic mass is 16.6. The Balaban J connectivity index is 2.40. The van der Waals surface area contributed by atoms with Gasteiger partial charge in [0.2, 0.25) is 0 Å². The third-order valence-electron chi connectivity index (χ3n) is 5.16. The number of carbonyl (C=O) groups excluding carboxylic acids is 2. The molecule has 1 aromatic carbocycles. The number of aliphatic hydroxyl groups excluding tert-OH is 1. The predicted octanol–water partition coefficient (Wildman–Crippen LogP) is 4.82. The van der Waals surface area contributed by atoms with Crippen LogP contribution in [0.25, 0.3) is 0 Å². The zero-order valence-corrected chi connectivity index (χ0v) is 20.8. The Morgan fingerprint density at radius 1 is 1.09 bits per heavy atom. The molecule has 2 amide bonds. The molecule has 0 spiro atoms. The van der Waals surface area contributed by atoms with Gasteiger partial charge in [-0.3, -0.25) is 4.90 Å². The molecule has 3 atom stereocenters. The largest absolute Gasteiger partial charge is 0.444 e. The van der Waals surface area contributed by atoms with Gasteiger partial charge in [-0.1, -0.05) is 38.1 Å². The number of nitrogens with zero attached hydrogens (tertiary/aromatic N) is 1. The van der Waals surface area contributed by atoms with E-state index in [1.807, 2.05) is 45.0 Å². The molecule has 0 saturated heterocycles. The molecule has 0 heterocycles. The zero-order valence-electron chi connectivity index (χ0n) is 20.8. The molecule has 0 unspecified atom stereocenters. The lowest BCUT2D eigenvalue weighted by atomic mass is 9.81. The second-order valence-corrected chi connectivity index (χ2v) is 10.9. The van der Waals surface area contributed by atoms with Crippen molar-refractivity contribution in [2.45, 2.75) is 97.6 Å². The molecule has 7 nitrogen and oxygen atoms in total. The maximum atomic E-state index is 13.2. The van der Waals surface area contributed by atoms with Crippen molar-refractivity contribution in [3.63, 3.8) is 0 Å². The van der Waals surface area contributed by atoms with Crippen LogP contribution in [0.5, 0.6) is 0 Å². The summed E-state index contributed by atoms with van der Waals surface area (Å²) in [4.78, 5) is 27.3. The van der Waals surface area contributed by atoms with Gasteiger partial charge in [0, 0.05) is 6.54 Å². The topological polar surface area (TPSA) is 88.1 Å². The molecule has 0 radical (unpaired) electrons. The number of carbonyl (C=O) groups is 2. The minimum absolute atomic E-state index is 0.367. The van der Waals surface area contributed by atoms with E-state index in [0.29, 0.717) is 18.9 Å². The highest BCUT2D eigenvalue weighted by Crippen LogP contribution is 2.36. The van der Waals surface area contributed by atoms with Crippen LogP contribution in [0.2, 0.25) is 0 Å². The van der Waals surface area contributed by atoms with Gasteiger partial charge in [0.05, 0.1) is 18.2 Å². The summed E-state index contributed by atoms with van der Waals surface area (Å²) in [6.07, 6.45) is -0.883. The highest BCUT2D eigenvalue weighted by Gasteiger charge is 2.42. The van der Waals surface area contributed by atoms with Crippen LogP contribution in [0.15, 0.2) is 24.3 Å². The Morgan fingerprint density at radius 2 is 1.69 bits per heavy atom. The van der Waals surface area contributed by atoms with Gasteiger partial charge in [-0.2, -0.15) is 0 Å². The van der Waals surface area contributed by atoms with Crippen LogP contribution in [0.1, 0.15) is 79.0 Å². The Hall–Kier alpha value is -2.28. The first-order chi connectivity index (χ1) is 14.7. The molecule has 0 fully saturated rings. The molecule has 7 heteroatoms. The lowest BCUT2D eigenvalue weighted by Crippen LogP contribution is -2.56. The van der Waals surface area contributed by atoms with Crippen LogP contribution >= 0.6 is 0 Å². The monoisotopic (exact) mass is 448 g/mol. The molecule has 180 valence electrons. The summed E-state index contributed by atoms with van der Waals surface area (Å²) in [6.45, 7) is 15.4. The average Bonchev–Trinajstić information content (AvgIpc) is 2.61. The Bertz CT molecular complexity index is 794. The predicted molar refractivity (Wildman–Crippen MR) is 124 cm³/mol. The van der Waals surface area contributed by atoms with E-state index in [1.165, 1.54) is 0 Å². The van der Waals surface area contributed by atoms with Crippen LogP contribution in [0, 0.1) is 5.92 Å². The molecular formula is C25H40N2O5. The second kappa shape index (κ2) is 10.1. The molecule has 0 aliphatic heterocycles. The Kier molecular flexibility index (Phi) is 8.21. The van der Waals surface area contributed by atoms with Crippen LogP contribution in [-0.2, 0) is 15.9 Å². The van der Waals surface area contributed by atoms with E-state index in [4.69, 9.17) is 9.47 Å². The molecule has 0 saturated carbocycles. The van der Waals surface area contributed by atoms with Crippen molar-refractivity contribution < 1.29 is 24.2 Å². The van der Waals surface area contributed by atoms with Gasteiger partial charge in [-0.25, -0.2) is 9.59 Å². The summed E-state index contributed by atoms with van der Waals surface area (Å²) < 4.78 is 11.1. The standard InChI is InChI=1S/C25H40N2O5/c1-16(2)13-14-27(23(30)32-25(6,7)8)20-18-12-10-9-11-17(18)15-19(21(20)28)26-22(29)31-24(3,4)5/h9-12,16,19-21,28H,13-15H2,1-8H3,(H,26,29)/t19-,20+,21+/m1/s1. The summed E-state index contributed by atoms with van der Waals surface area (Å²) >= 11 is 0. The van der Waals surface area contributed by atoms with Crippen LogP contribution in [0.4, 0.5) is 9.59 Å². The quantitative estimate of drug-likeness (QED) is 0.674. The third-order valence-corrected chi connectivity index (χ3v) is 5.16. The number of alkyl carbamates (subject to hydrolysis) is 1. The summed E-state index contributed by atoms with van der Waals surface area (Å²) in [5.41, 5.74) is 0.528. The molecular weight excluding hydrogens is 408 g/mol. The van der Waals surface area contributed by atoms with Crippen LogP contribution < -0.4 is 5.32 Å². The average molecular weight is 449 g/mol. The Morgan fingerprint density at radius 3 is 2.25 bits per heavy atom. The summed E-state index contributed by atoms with van der Waals surface area (Å²) in [6, 6.07) is 6.47. The molecule has 32 heavy (non-hydrogen) atoms. The SMILES string of the molecule is CC(C)CCN(C(=O)OC(C)(C)C)[C@H]1c2ccccc2C[C@@H](NC(=O)OC(C)(C)C)[C@@H]1O. The number of ether oxygens (including phenoxy) is 2. The number of benzene rings is 1. The molecule has 2 N–H and O–H groups in total. The van der Waals surface area contributed by atoms with E-state index in [0.717, 1.165) is 17.5 Å². The molecule has 0 bridgehead atoms. The lowest BCUT2D eigenvalue weighted by molar-refractivity contribution is -0.0214. The molecule has 1 aliphatic rings. The van der Waals surface area contributed by atoms with Crippen molar-refractivity contribution in [2.75, 3.05) is 6.54 Å². The van der Waals surface area contributed by atoms with E-state index in [2.05, 4.69) is 19.2 Å².